The van der Waals surface area contributed by atoms with Crippen LogP contribution < -0.4 is 0 Å². The lowest BCUT2D eigenvalue weighted by Crippen LogP contribution is -2.30. The van der Waals surface area contributed by atoms with Gasteiger partial charge in [0.1, 0.15) is 0 Å². The van der Waals surface area contributed by atoms with E-state index in [1.54, 1.807) is 23.9 Å². The van der Waals surface area contributed by atoms with Gasteiger partial charge in [-0.2, -0.15) is 0 Å². The predicted molar refractivity (Wildman–Crippen MR) is 95.9 cm³/mol. The highest BCUT2D eigenvalue weighted by molar-refractivity contribution is 6.30. The van der Waals surface area contributed by atoms with Crippen LogP contribution in [0.2, 0.25) is 5.02 Å². The van der Waals surface area contributed by atoms with Gasteiger partial charge in [0.2, 0.25) is 5.82 Å². The van der Waals surface area contributed by atoms with Gasteiger partial charge < -0.3 is 10.0 Å². The van der Waals surface area contributed by atoms with Crippen LogP contribution in [0.25, 0.3) is 17.1 Å². The fourth-order valence-electron chi connectivity index (χ4n) is 2.39. The lowest BCUT2D eigenvalue weighted by atomic mass is 10.2. The highest BCUT2D eigenvalue weighted by Gasteiger charge is 2.21. The maximum atomic E-state index is 12.5. The first kappa shape index (κ1) is 17.1. The largest absolute Gasteiger partial charge is 0.395 e. The fourth-order valence-corrected chi connectivity index (χ4v) is 2.57. The number of benzene rings is 2. The molecule has 3 aromatic rings. The van der Waals surface area contributed by atoms with Crippen LogP contribution in [-0.2, 0) is 0 Å². The first-order valence-electron chi connectivity index (χ1n) is 7.75. The molecule has 0 atom stereocenters. The minimum absolute atomic E-state index is 0.0646. The zero-order chi connectivity index (χ0) is 17.8. The zero-order valence-corrected chi connectivity index (χ0v) is 14.4. The van der Waals surface area contributed by atoms with Crippen molar-refractivity contribution in [1.82, 2.24) is 19.7 Å². The predicted octanol–water partition coefficient (Wildman–Crippen LogP) is 2.65. The summed E-state index contributed by atoms with van der Waals surface area (Å²) in [5, 5.41) is 14.0. The normalized spacial score (nSPS) is 10.7. The number of hydrogen-bond donors (Lipinski definition) is 1. The summed E-state index contributed by atoms with van der Waals surface area (Å²) in [7, 11) is 1.60. The summed E-state index contributed by atoms with van der Waals surface area (Å²) in [6.45, 7) is 0.0913. The molecule has 0 bridgehead atoms. The summed E-state index contributed by atoms with van der Waals surface area (Å²) in [6.07, 6.45) is 0. The Morgan fingerprint density at radius 1 is 1.20 bits per heavy atom. The van der Waals surface area contributed by atoms with Gasteiger partial charge in [0.05, 0.1) is 12.3 Å². The molecular formula is C18H17ClN4O2. The maximum absolute atomic E-state index is 12.5. The summed E-state index contributed by atoms with van der Waals surface area (Å²) < 4.78 is 1.60. The number of nitrogens with zero attached hydrogens (tertiary/aromatic N) is 4. The standard InChI is InChI=1S/C18H17ClN4O2/c1-22(10-11-24)18(25)16-20-17(13-6-3-2-4-7-13)23(21-16)15-9-5-8-14(19)12-15/h2-9,12,24H,10-11H2,1H3. The molecule has 25 heavy (non-hydrogen) atoms. The minimum Gasteiger partial charge on any atom is -0.395 e. The smallest absolute Gasteiger partial charge is 0.293 e. The van der Waals surface area contributed by atoms with Gasteiger partial charge in [0, 0.05) is 24.2 Å². The zero-order valence-electron chi connectivity index (χ0n) is 13.6. The second-order valence-electron chi connectivity index (χ2n) is 5.47. The van der Waals surface area contributed by atoms with Crippen LogP contribution in [-0.4, -0.2) is 50.9 Å². The van der Waals surface area contributed by atoms with Crippen LogP contribution in [0.3, 0.4) is 0 Å². The Hall–Kier alpha value is -2.70. The first-order valence-corrected chi connectivity index (χ1v) is 8.12. The molecule has 0 spiro atoms. The van der Waals surface area contributed by atoms with Gasteiger partial charge >= 0.3 is 0 Å². The summed E-state index contributed by atoms with van der Waals surface area (Å²) in [5.41, 5.74) is 1.54. The van der Waals surface area contributed by atoms with E-state index in [1.807, 2.05) is 42.5 Å². The van der Waals surface area contributed by atoms with E-state index in [1.165, 1.54) is 4.90 Å². The average molecular weight is 357 g/mol. The molecule has 2 aromatic carbocycles. The number of aliphatic hydroxyl groups excluding tert-OH is 1. The molecule has 6 nitrogen and oxygen atoms in total. The van der Waals surface area contributed by atoms with Gasteiger partial charge in [-0.1, -0.05) is 48.0 Å². The van der Waals surface area contributed by atoms with Gasteiger partial charge in [0.25, 0.3) is 5.91 Å². The molecule has 1 N–H and O–H groups in total. The van der Waals surface area contributed by atoms with E-state index in [9.17, 15) is 4.79 Å². The molecule has 3 rings (SSSR count). The third kappa shape index (κ3) is 3.70. The molecule has 0 unspecified atom stereocenters. The van der Waals surface area contributed by atoms with Crippen LogP contribution >= 0.6 is 11.6 Å². The van der Waals surface area contributed by atoms with Crippen molar-refractivity contribution in [1.29, 1.82) is 0 Å². The van der Waals surface area contributed by atoms with Crippen molar-refractivity contribution in [2.24, 2.45) is 0 Å². The Labute approximate surface area is 150 Å². The quantitative estimate of drug-likeness (QED) is 0.763. The second-order valence-corrected chi connectivity index (χ2v) is 5.90. The van der Waals surface area contributed by atoms with Crippen LogP contribution in [0, 0.1) is 0 Å². The molecule has 0 aliphatic heterocycles. The molecule has 0 aliphatic carbocycles. The average Bonchev–Trinajstić information content (AvgIpc) is 3.07. The molecule has 1 amide bonds. The number of aliphatic hydroxyl groups is 1. The van der Waals surface area contributed by atoms with Gasteiger partial charge in [-0.05, 0) is 18.2 Å². The number of amides is 1. The number of carbonyl (C=O) groups excluding carboxylic acids is 1. The van der Waals surface area contributed by atoms with E-state index in [4.69, 9.17) is 16.7 Å². The molecule has 0 fully saturated rings. The summed E-state index contributed by atoms with van der Waals surface area (Å²) >= 11 is 6.09. The molecular weight excluding hydrogens is 340 g/mol. The molecule has 0 saturated heterocycles. The number of hydrogen-bond acceptors (Lipinski definition) is 4. The van der Waals surface area contributed by atoms with Gasteiger partial charge in [-0.15, -0.1) is 5.10 Å². The van der Waals surface area contributed by atoms with Crippen molar-refractivity contribution >= 4 is 17.5 Å². The third-order valence-electron chi connectivity index (χ3n) is 3.67. The van der Waals surface area contributed by atoms with Crippen LogP contribution in [0.5, 0.6) is 0 Å². The summed E-state index contributed by atoms with van der Waals surface area (Å²) in [4.78, 5) is 18.3. The van der Waals surface area contributed by atoms with Crippen molar-refractivity contribution in [2.45, 2.75) is 0 Å². The monoisotopic (exact) mass is 356 g/mol. The van der Waals surface area contributed by atoms with E-state index >= 15 is 0 Å². The number of aromatic nitrogens is 3. The summed E-state index contributed by atoms with van der Waals surface area (Å²) in [5.74, 6) is 0.255. The Bertz CT molecular complexity index is 880. The Kier molecular flexibility index (Phi) is 5.11. The van der Waals surface area contributed by atoms with Crippen LogP contribution in [0.15, 0.2) is 54.6 Å². The molecule has 0 saturated carbocycles. The molecule has 1 heterocycles. The van der Waals surface area contributed by atoms with Gasteiger partial charge in [0.15, 0.2) is 5.82 Å². The Morgan fingerprint density at radius 2 is 1.96 bits per heavy atom. The van der Waals surface area contributed by atoms with E-state index in [0.29, 0.717) is 16.5 Å². The molecule has 7 heteroatoms. The Balaban J connectivity index is 2.11. The molecule has 128 valence electrons. The third-order valence-corrected chi connectivity index (χ3v) is 3.90. The van der Waals surface area contributed by atoms with E-state index in [0.717, 1.165) is 5.56 Å². The van der Waals surface area contributed by atoms with Crippen molar-refractivity contribution in [3.8, 4) is 17.1 Å². The van der Waals surface area contributed by atoms with Gasteiger partial charge in [-0.25, -0.2) is 9.67 Å². The van der Waals surface area contributed by atoms with Crippen LogP contribution in [0.1, 0.15) is 10.6 Å². The van der Waals surface area contributed by atoms with E-state index < -0.39 is 0 Å². The van der Waals surface area contributed by atoms with E-state index in [-0.39, 0.29) is 24.9 Å². The SMILES string of the molecule is CN(CCO)C(=O)c1nc(-c2ccccc2)n(-c2cccc(Cl)c2)n1. The topological polar surface area (TPSA) is 71.2 Å². The number of rotatable bonds is 5. The second kappa shape index (κ2) is 7.46. The lowest BCUT2D eigenvalue weighted by molar-refractivity contribution is 0.0755. The molecule has 1 aromatic heterocycles. The van der Waals surface area contributed by atoms with Crippen molar-refractivity contribution in [2.75, 3.05) is 20.2 Å². The number of halogens is 1. The van der Waals surface area contributed by atoms with Crippen molar-refractivity contribution in [3.63, 3.8) is 0 Å². The maximum Gasteiger partial charge on any atom is 0.293 e. The lowest BCUT2D eigenvalue weighted by Gasteiger charge is -2.12. The fraction of sp³-hybridized carbons (Fsp3) is 0.167. The highest BCUT2D eigenvalue weighted by Crippen LogP contribution is 2.23. The number of carbonyl (C=O) groups is 1. The van der Waals surface area contributed by atoms with Gasteiger partial charge in [-0.3, -0.25) is 4.79 Å². The van der Waals surface area contributed by atoms with Crippen molar-refractivity contribution < 1.29 is 9.90 Å². The van der Waals surface area contributed by atoms with E-state index in [2.05, 4.69) is 10.1 Å². The summed E-state index contributed by atoms with van der Waals surface area (Å²) in [6, 6.07) is 16.7. The minimum atomic E-state index is -0.355. The highest BCUT2D eigenvalue weighted by atomic mass is 35.5. The molecule has 0 aliphatic rings. The van der Waals surface area contributed by atoms with Crippen LogP contribution in [0.4, 0.5) is 0 Å². The Morgan fingerprint density at radius 3 is 2.64 bits per heavy atom. The first-order chi connectivity index (χ1) is 12.1. The van der Waals surface area contributed by atoms with Crippen molar-refractivity contribution in [3.05, 3.63) is 65.4 Å². The number of likely N-dealkylation sites (N-methyl/N-ethyl adjacent to an activating group) is 1. The molecule has 0 radical (unpaired) electrons.